The first kappa shape index (κ1) is 11.7. The largest absolute Gasteiger partial charge is 0.469 e. The maximum Gasteiger partial charge on any atom is 0.310 e. The first-order valence-electron chi connectivity index (χ1n) is 5.01. The number of ether oxygens (including phenoxy) is 1. The Morgan fingerprint density at radius 2 is 2.13 bits per heavy atom. The molecule has 0 radical (unpaired) electrons. The molecule has 0 heterocycles. The van der Waals surface area contributed by atoms with Gasteiger partial charge in [-0.2, -0.15) is 0 Å². The maximum atomic E-state index is 11.4. The van der Waals surface area contributed by atoms with Gasteiger partial charge in [-0.15, -0.1) is 0 Å². The summed E-state index contributed by atoms with van der Waals surface area (Å²) in [6, 6.07) is 7.99. The lowest BCUT2D eigenvalue weighted by Crippen LogP contribution is -2.27. The van der Waals surface area contributed by atoms with Gasteiger partial charge in [-0.05, 0) is 24.5 Å². The van der Waals surface area contributed by atoms with Crippen LogP contribution in [0.15, 0.2) is 24.3 Å². The molecule has 0 saturated heterocycles. The van der Waals surface area contributed by atoms with E-state index in [0.717, 1.165) is 5.56 Å². The Morgan fingerprint density at radius 3 is 2.67 bits per heavy atom. The van der Waals surface area contributed by atoms with Crippen LogP contribution in [0, 0.1) is 12.8 Å². The molecular formula is C12H17NO2. The van der Waals surface area contributed by atoms with Crippen molar-refractivity contribution in [3.05, 3.63) is 35.4 Å². The van der Waals surface area contributed by atoms with Gasteiger partial charge in [0, 0.05) is 6.54 Å². The van der Waals surface area contributed by atoms with E-state index in [4.69, 9.17) is 10.5 Å². The molecule has 1 rings (SSSR count). The summed E-state index contributed by atoms with van der Waals surface area (Å²) >= 11 is 0. The van der Waals surface area contributed by atoms with E-state index in [0.29, 0.717) is 13.0 Å². The van der Waals surface area contributed by atoms with Gasteiger partial charge in [0.2, 0.25) is 0 Å². The summed E-state index contributed by atoms with van der Waals surface area (Å²) in [7, 11) is 1.39. The van der Waals surface area contributed by atoms with Gasteiger partial charge < -0.3 is 10.5 Å². The van der Waals surface area contributed by atoms with Crippen LogP contribution in [-0.2, 0) is 16.0 Å². The molecule has 1 aromatic carbocycles. The lowest BCUT2D eigenvalue weighted by Gasteiger charge is -2.13. The fourth-order valence-corrected chi connectivity index (χ4v) is 1.53. The van der Waals surface area contributed by atoms with E-state index in [9.17, 15) is 4.79 Å². The number of methoxy groups -OCH3 is 1. The van der Waals surface area contributed by atoms with E-state index < -0.39 is 0 Å². The van der Waals surface area contributed by atoms with Gasteiger partial charge in [0.1, 0.15) is 0 Å². The Kier molecular flexibility index (Phi) is 4.31. The molecule has 3 nitrogen and oxygen atoms in total. The van der Waals surface area contributed by atoms with Crippen molar-refractivity contribution in [1.29, 1.82) is 0 Å². The van der Waals surface area contributed by atoms with E-state index >= 15 is 0 Å². The normalized spacial score (nSPS) is 12.2. The van der Waals surface area contributed by atoms with Crippen LogP contribution in [0.4, 0.5) is 0 Å². The van der Waals surface area contributed by atoms with Gasteiger partial charge >= 0.3 is 5.97 Å². The molecule has 15 heavy (non-hydrogen) atoms. The van der Waals surface area contributed by atoms with E-state index in [-0.39, 0.29) is 11.9 Å². The van der Waals surface area contributed by atoms with Gasteiger partial charge in [-0.3, -0.25) is 4.79 Å². The van der Waals surface area contributed by atoms with Gasteiger partial charge in [0.25, 0.3) is 0 Å². The first-order valence-corrected chi connectivity index (χ1v) is 5.01. The van der Waals surface area contributed by atoms with Crippen molar-refractivity contribution < 1.29 is 9.53 Å². The molecule has 0 aliphatic rings. The maximum absolute atomic E-state index is 11.4. The van der Waals surface area contributed by atoms with Crippen molar-refractivity contribution in [1.82, 2.24) is 0 Å². The number of esters is 1. The summed E-state index contributed by atoms with van der Waals surface area (Å²) in [6.45, 7) is 2.35. The number of nitrogens with two attached hydrogens (primary N) is 1. The molecule has 0 amide bonds. The SMILES string of the molecule is COC(=O)[C@@H](CN)Cc1ccccc1C. The topological polar surface area (TPSA) is 52.3 Å². The average Bonchev–Trinajstić information content (AvgIpc) is 2.27. The zero-order chi connectivity index (χ0) is 11.3. The summed E-state index contributed by atoms with van der Waals surface area (Å²) in [5.74, 6) is -0.475. The zero-order valence-corrected chi connectivity index (χ0v) is 9.19. The van der Waals surface area contributed by atoms with Crippen molar-refractivity contribution in [3.8, 4) is 0 Å². The second-order valence-corrected chi connectivity index (χ2v) is 3.59. The average molecular weight is 207 g/mol. The smallest absolute Gasteiger partial charge is 0.310 e. The minimum absolute atomic E-state index is 0.235. The first-order chi connectivity index (χ1) is 7.19. The monoisotopic (exact) mass is 207 g/mol. The third kappa shape index (κ3) is 3.06. The van der Waals surface area contributed by atoms with E-state index in [1.54, 1.807) is 0 Å². The second-order valence-electron chi connectivity index (χ2n) is 3.59. The van der Waals surface area contributed by atoms with E-state index in [2.05, 4.69) is 0 Å². The van der Waals surface area contributed by atoms with Gasteiger partial charge in [-0.25, -0.2) is 0 Å². The standard InChI is InChI=1S/C12H17NO2/c1-9-5-3-4-6-10(9)7-11(8-13)12(14)15-2/h3-6,11H,7-8,13H2,1-2H3/t11-/m1/s1. The van der Waals surface area contributed by atoms with Crippen molar-refractivity contribution in [2.24, 2.45) is 11.7 Å². The Labute approximate surface area is 90.2 Å². The van der Waals surface area contributed by atoms with Crippen LogP contribution in [0.5, 0.6) is 0 Å². The minimum Gasteiger partial charge on any atom is -0.469 e. The summed E-state index contributed by atoms with van der Waals surface area (Å²) in [6.07, 6.45) is 0.649. The molecule has 0 aliphatic heterocycles. The molecule has 82 valence electrons. The molecule has 0 aliphatic carbocycles. The molecule has 0 spiro atoms. The highest BCUT2D eigenvalue weighted by atomic mass is 16.5. The number of hydrogen-bond acceptors (Lipinski definition) is 3. The molecular weight excluding hydrogens is 190 g/mol. The van der Waals surface area contributed by atoms with Gasteiger partial charge in [0.05, 0.1) is 13.0 Å². The molecule has 0 bridgehead atoms. The number of hydrogen-bond donors (Lipinski definition) is 1. The number of carbonyl (C=O) groups is 1. The molecule has 1 aromatic rings. The summed E-state index contributed by atoms with van der Waals surface area (Å²) < 4.78 is 4.70. The second kappa shape index (κ2) is 5.51. The van der Waals surface area contributed by atoms with Crippen LogP contribution in [0.3, 0.4) is 0 Å². The van der Waals surface area contributed by atoms with Crippen LogP contribution in [0.2, 0.25) is 0 Å². The number of rotatable bonds is 4. The predicted octanol–water partition coefficient (Wildman–Crippen LogP) is 1.29. The minimum atomic E-state index is -0.240. The van der Waals surface area contributed by atoms with Crippen LogP contribution >= 0.6 is 0 Å². The van der Waals surface area contributed by atoms with Crippen LogP contribution in [0.25, 0.3) is 0 Å². The third-order valence-corrected chi connectivity index (χ3v) is 2.55. The van der Waals surface area contributed by atoms with Crippen molar-refractivity contribution in [2.75, 3.05) is 13.7 Å². The number of benzene rings is 1. The highest BCUT2D eigenvalue weighted by molar-refractivity contribution is 5.73. The predicted molar refractivity (Wildman–Crippen MR) is 59.4 cm³/mol. The summed E-state index contributed by atoms with van der Waals surface area (Å²) in [4.78, 5) is 11.4. The summed E-state index contributed by atoms with van der Waals surface area (Å²) in [5, 5.41) is 0. The highest BCUT2D eigenvalue weighted by Gasteiger charge is 2.18. The zero-order valence-electron chi connectivity index (χ0n) is 9.19. The number of carbonyl (C=O) groups excluding carboxylic acids is 1. The van der Waals surface area contributed by atoms with E-state index in [1.807, 2.05) is 31.2 Å². The van der Waals surface area contributed by atoms with Gasteiger partial charge in [-0.1, -0.05) is 24.3 Å². The molecule has 0 aromatic heterocycles. The lowest BCUT2D eigenvalue weighted by molar-refractivity contribution is -0.145. The Morgan fingerprint density at radius 1 is 1.47 bits per heavy atom. The highest BCUT2D eigenvalue weighted by Crippen LogP contribution is 2.13. The molecule has 0 saturated carbocycles. The van der Waals surface area contributed by atoms with Crippen molar-refractivity contribution in [2.45, 2.75) is 13.3 Å². The molecule has 0 unspecified atom stereocenters. The lowest BCUT2D eigenvalue weighted by atomic mass is 9.96. The molecule has 0 fully saturated rings. The molecule has 1 atom stereocenters. The molecule has 3 heteroatoms. The fraction of sp³-hybridized carbons (Fsp3) is 0.417. The van der Waals surface area contributed by atoms with E-state index in [1.165, 1.54) is 12.7 Å². The van der Waals surface area contributed by atoms with Gasteiger partial charge in [0.15, 0.2) is 0 Å². The quantitative estimate of drug-likeness (QED) is 0.757. The van der Waals surface area contributed by atoms with Crippen LogP contribution < -0.4 is 5.73 Å². The van der Waals surface area contributed by atoms with Crippen molar-refractivity contribution >= 4 is 5.97 Å². The van der Waals surface area contributed by atoms with Crippen molar-refractivity contribution in [3.63, 3.8) is 0 Å². The summed E-state index contributed by atoms with van der Waals surface area (Å²) in [5.41, 5.74) is 7.88. The Hall–Kier alpha value is -1.35. The van der Waals surface area contributed by atoms with Crippen LogP contribution in [-0.4, -0.2) is 19.6 Å². The number of aryl methyl sites for hydroxylation is 1. The Balaban J connectivity index is 2.75. The fourth-order valence-electron chi connectivity index (χ4n) is 1.53. The third-order valence-electron chi connectivity index (χ3n) is 2.55. The Bertz CT molecular complexity index is 336. The molecule has 2 N–H and O–H groups in total. The van der Waals surface area contributed by atoms with Crippen LogP contribution in [0.1, 0.15) is 11.1 Å².